The van der Waals surface area contributed by atoms with Crippen LogP contribution in [-0.2, 0) is 13.0 Å². The van der Waals surface area contributed by atoms with Gasteiger partial charge in [0.2, 0.25) is 0 Å². The normalized spacial score (nSPS) is 11.2. The molecule has 0 saturated carbocycles. The van der Waals surface area contributed by atoms with Crippen molar-refractivity contribution in [2.24, 2.45) is 0 Å². The second-order valence-corrected chi connectivity index (χ2v) is 4.32. The van der Waals surface area contributed by atoms with E-state index in [1.165, 1.54) is 11.1 Å². The zero-order chi connectivity index (χ0) is 11.5. The lowest BCUT2D eigenvalue weighted by Gasteiger charge is -2.08. The van der Waals surface area contributed by atoms with Gasteiger partial charge >= 0.3 is 0 Å². The Morgan fingerprint density at radius 1 is 1.38 bits per heavy atom. The van der Waals surface area contributed by atoms with Crippen molar-refractivity contribution < 1.29 is 0 Å². The van der Waals surface area contributed by atoms with Gasteiger partial charge in [0.05, 0.1) is 10.5 Å². The molecule has 0 atom stereocenters. The lowest BCUT2D eigenvalue weighted by Crippen LogP contribution is -2.13. The van der Waals surface area contributed by atoms with Crippen molar-refractivity contribution in [3.05, 3.63) is 35.0 Å². The smallest absolute Gasteiger partial charge is 0.0671 e. The fraction of sp³-hybridized carbons (Fsp3) is 0.385. The minimum absolute atomic E-state index is 0.843. The number of nitrogens with one attached hydrogen (secondary N) is 1. The van der Waals surface area contributed by atoms with Crippen LogP contribution in [0.15, 0.2) is 24.3 Å². The summed E-state index contributed by atoms with van der Waals surface area (Å²) in [5.74, 6) is 0. The third-order valence-electron chi connectivity index (χ3n) is 2.90. The highest BCUT2D eigenvalue weighted by molar-refractivity contribution is 6.35. The van der Waals surface area contributed by atoms with Crippen LogP contribution in [0.1, 0.15) is 12.6 Å². The fourth-order valence-electron chi connectivity index (χ4n) is 2.16. The van der Waals surface area contributed by atoms with Crippen molar-refractivity contribution in [1.29, 1.82) is 0 Å². The van der Waals surface area contributed by atoms with Gasteiger partial charge in [-0.3, -0.25) is 0 Å². The number of para-hydroxylation sites is 1. The minimum Gasteiger partial charge on any atom is -0.344 e. The maximum atomic E-state index is 6.25. The van der Waals surface area contributed by atoms with Gasteiger partial charge in [-0.25, -0.2) is 0 Å². The molecule has 0 bridgehead atoms. The molecule has 86 valence electrons. The molecule has 2 rings (SSSR count). The second-order valence-electron chi connectivity index (χ2n) is 3.91. The topological polar surface area (TPSA) is 17.0 Å². The Balaban J connectivity index is 2.53. The molecule has 3 heteroatoms. The largest absolute Gasteiger partial charge is 0.344 e. The molecule has 1 aromatic carbocycles. The highest BCUT2D eigenvalue weighted by Crippen LogP contribution is 2.27. The first-order chi connectivity index (χ1) is 7.77. The van der Waals surface area contributed by atoms with Gasteiger partial charge in [-0.2, -0.15) is 0 Å². The number of aromatic nitrogens is 1. The Hall–Kier alpha value is -0.990. The van der Waals surface area contributed by atoms with E-state index in [1.807, 2.05) is 19.2 Å². The standard InChI is InChI=1S/C13H17ClN2/c1-3-16-11(7-8-15-2)9-10-5-4-6-12(14)13(10)16/h4-6,9,15H,3,7-8H2,1-2H3. The summed E-state index contributed by atoms with van der Waals surface area (Å²) >= 11 is 6.25. The van der Waals surface area contributed by atoms with Crippen LogP contribution in [0.2, 0.25) is 5.02 Å². The molecule has 0 amide bonds. The predicted molar refractivity (Wildman–Crippen MR) is 70.3 cm³/mol. The molecule has 0 aliphatic heterocycles. The fourth-order valence-corrected chi connectivity index (χ4v) is 2.44. The summed E-state index contributed by atoms with van der Waals surface area (Å²) in [6, 6.07) is 8.32. The predicted octanol–water partition coefficient (Wildman–Crippen LogP) is 3.08. The number of aryl methyl sites for hydroxylation is 1. The van der Waals surface area contributed by atoms with Crippen LogP contribution in [-0.4, -0.2) is 18.2 Å². The lowest BCUT2D eigenvalue weighted by atomic mass is 10.2. The molecular weight excluding hydrogens is 220 g/mol. The maximum Gasteiger partial charge on any atom is 0.0671 e. The molecule has 16 heavy (non-hydrogen) atoms. The van der Waals surface area contributed by atoms with Crippen LogP contribution in [0.5, 0.6) is 0 Å². The van der Waals surface area contributed by atoms with E-state index in [1.54, 1.807) is 0 Å². The molecule has 2 nitrogen and oxygen atoms in total. The van der Waals surface area contributed by atoms with E-state index in [4.69, 9.17) is 11.6 Å². The first-order valence-corrected chi connectivity index (χ1v) is 6.07. The molecule has 1 heterocycles. The Kier molecular flexibility index (Phi) is 3.52. The van der Waals surface area contributed by atoms with Crippen LogP contribution in [0.4, 0.5) is 0 Å². The third kappa shape index (κ3) is 1.95. The van der Waals surface area contributed by atoms with E-state index in [-0.39, 0.29) is 0 Å². The van der Waals surface area contributed by atoms with Crippen molar-refractivity contribution >= 4 is 22.5 Å². The van der Waals surface area contributed by atoms with Gasteiger partial charge in [-0.05, 0) is 26.1 Å². The quantitative estimate of drug-likeness (QED) is 0.864. The summed E-state index contributed by atoms with van der Waals surface area (Å²) in [6.45, 7) is 4.12. The van der Waals surface area contributed by atoms with Crippen LogP contribution >= 0.6 is 11.6 Å². The molecule has 0 aliphatic rings. The Labute approximate surface area is 101 Å². The minimum atomic E-state index is 0.843. The zero-order valence-corrected chi connectivity index (χ0v) is 10.5. The lowest BCUT2D eigenvalue weighted by molar-refractivity contribution is 0.700. The van der Waals surface area contributed by atoms with Crippen LogP contribution < -0.4 is 5.32 Å². The summed E-state index contributed by atoms with van der Waals surface area (Å²) in [5, 5.41) is 5.26. The number of rotatable bonds is 4. The number of benzene rings is 1. The van der Waals surface area contributed by atoms with E-state index in [9.17, 15) is 0 Å². The first kappa shape index (κ1) is 11.5. The number of hydrogen-bond donors (Lipinski definition) is 1. The van der Waals surface area contributed by atoms with E-state index in [2.05, 4.69) is 28.9 Å². The number of hydrogen-bond acceptors (Lipinski definition) is 1. The summed E-state index contributed by atoms with van der Waals surface area (Å²) < 4.78 is 2.30. The van der Waals surface area contributed by atoms with Crippen LogP contribution in [0, 0.1) is 0 Å². The van der Waals surface area contributed by atoms with E-state index >= 15 is 0 Å². The van der Waals surface area contributed by atoms with Crippen molar-refractivity contribution in [3.63, 3.8) is 0 Å². The van der Waals surface area contributed by atoms with Gasteiger partial charge in [-0.1, -0.05) is 23.7 Å². The van der Waals surface area contributed by atoms with Crippen molar-refractivity contribution in [1.82, 2.24) is 9.88 Å². The number of fused-ring (bicyclic) bond motifs is 1. The van der Waals surface area contributed by atoms with Gasteiger partial charge in [0.15, 0.2) is 0 Å². The number of likely N-dealkylation sites (N-methyl/N-ethyl adjacent to an activating group) is 1. The highest BCUT2D eigenvalue weighted by atomic mass is 35.5. The molecule has 0 unspecified atom stereocenters. The van der Waals surface area contributed by atoms with Gasteiger partial charge in [0.1, 0.15) is 0 Å². The average molecular weight is 237 g/mol. The summed E-state index contributed by atoms with van der Waals surface area (Å²) in [6.07, 6.45) is 1.04. The summed E-state index contributed by atoms with van der Waals surface area (Å²) in [7, 11) is 1.98. The molecule has 0 spiro atoms. The molecule has 0 saturated heterocycles. The number of nitrogens with zero attached hydrogens (tertiary/aromatic N) is 1. The van der Waals surface area contributed by atoms with Crippen molar-refractivity contribution in [2.75, 3.05) is 13.6 Å². The van der Waals surface area contributed by atoms with Gasteiger partial charge in [0, 0.05) is 30.6 Å². The van der Waals surface area contributed by atoms with E-state index < -0.39 is 0 Å². The van der Waals surface area contributed by atoms with Crippen LogP contribution in [0.25, 0.3) is 10.9 Å². The maximum absolute atomic E-state index is 6.25. The van der Waals surface area contributed by atoms with E-state index in [0.717, 1.165) is 30.0 Å². The summed E-state index contributed by atoms with van der Waals surface area (Å²) in [5.41, 5.74) is 2.51. The number of halogens is 1. The van der Waals surface area contributed by atoms with Gasteiger partial charge in [0.25, 0.3) is 0 Å². The average Bonchev–Trinajstić information content (AvgIpc) is 2.65. The molecule has 1 N–H and O–H groups in total. The van der Waals surface area contributed by atoms with Crippen molar-refractivity contribution in [3.8, 4) is 0 Å². The van der Waals surface area contributed by atoms with Gasteiger partial charge < -0.3 is 9.88 Å². The van der Waals surface area contributed by atoms with E-state index in [0.29, 0.717) is 0 Å². The van der Waals surface area contributed by atoms with Gasteiger partial charge in [-0.15, -0.1) is 0 Å². The van der Waals surface area contributed by atoms with Crippen molar-refractivity contribution in [2.45, 2.75) is 19.9 Å². The highest BCUT2D eigenvalue weighted by Gasteiger charge is 2.09. The molecule has 2 aromatic rings. The first-order valence-electron chi connectivity index (χ1n) is 5.69. The zero-order valence-electron chi connectivity index (χ0n) is 9.76. The summed E-state index contributed by atoms with van der Waals surface area (Å²) in [4.78, 5) is 0. The Morgan fingerprint density at radius 3 is 2.88 bits per heavy atom. The second kappa shape index (κ2) is 4.89. The molecule has 0 aliphatic carbocycles. The molecule has 1 aromatic heterocycles. The van der Waals surface area contributed by atoms with Crippen LogP contribution in [0.3, 0.4) is 0 Å². The monoisotopic (exact) mass is 236 g/mol. The third-order valence-corrected chi connectivity index (χ3v) is 3.21. The molecule has 0 radical (unpaired) electrons. The molecule has 0 fully saturated rings. The Morgan fingerprint density at radius 2 is 2.19 bits per heavy atom. The molecular formula is C13H17ClN2. The Bertz CT molecular complexity index is 488. The SMILES string of the molecule is CCn1c(CCNC)cc2cccc(Cl)c21.